The Morgan fingerprint density at radius 1 is 1.12 bits per heavy atom. The summed E-state index contributed by atoms with van der Waals surface area (Å²) in [5.74, 6) is 0.0240. The van der Waals surface area contributed by atoms with Crippen molar-refractivity contribution >= 4 is 5.91 Å². The third kappa shape index (κ3) is 4.91. The van der Waals surface area contributed by atoms with Crippen molar-refractivity contribution in [3.8, 4) is 0 Å². The van der Waals surface area contributed by atoms with Gasteiger partial charge >= 0.3 is 0 Å². The van der Waals surface area contributed by atoms with Crippen molar-refractivity contribution in [1.29, 1.82) is 0 Å². The van der Waals surface area contributed by atoms with Crippen LogP contribution in [0.1, 0.15) is 30.0 Å². The third-order valence-electron chi connectivity index (χ3n) is 4.83. The number of hydrogen-bond donors (Lipinski definition) is 2. The second-order valence-electron chi connectivity index (χ2n) is 6.71. The monoisotopic (exact) mass is 338 g/mol. The lowest BCUT2D eigenvalue weighted by atomic mass is 9.95. The summed E-state index contributed by atoms with van der Waals surface area (Å²) < 4.78 is 0. The number of benzene rings is 2. The van der Waals surface area contributed by atoms with E-state index in [0.29, 0.717) is 0 Å². The number of rotatable bonds is 6. The van der Waals surface area contributed by atoms with Crippen molar-refractivity contribution in [3.05, 3.63) is 71.8 Å². The Hall–Kier alpha value is -2.17. The first kappa shape index (κ1) is 17.6. The number of aliphatic hydroxyl groups excluding tert-OH is 1. The van der Waals surface area contributed by atoms with Gasteiger partial charge in [-0.1, -0.05) is 60.7 Å². The highest BCUT2D eigenvalue weighted by atomic mass is 16.3. The van der Waals surface area contributed by atoms with Crippen molar-refractivity contribution in [2.45, 2.75) is 25.4 Å². The fourth-order valence-electron chi connectivity index (χ4n) is 3.46. The molecular formula is C21H26N2O2. The van der Waals surface area contributed by atoms with Gasteiger partial charge in [-0.3, -0.25) is 9.69 Å². The quantitative estimate of drug-likeness (QED) is 0.851. The molecule has 1 aliphatic heterocycles. The normalized spacial score (nSPS) is 19.3. The van der Waals surface area contributed by atoms with Crippen LogP contribution in [0.15, 0.2) is 60.7 Å². The van der Waals surface area contributed by atoms with Crippen molar-refractivity contribution < 1.29 is 9.90 Å². The Morgan fingerprint density at radius 3 is 2.48 bits per heavy atom. The standard InChI is InChI=1S/C21H26N2O2/c24-16-20(18-10-5-2-6-11-18)22-21(25)19-12-7-13-23(15-19)14-17-8-3-1-4-9-17/h1-6,8-11,19-20,24H,7,12-16H2,(H,22,25). The number of nitrogens with zero attached hydrogens (tertiary/aromatic N) is 1. The number of carbonyl (C=O) groups excluding carboxylic acids is 1. The molecule has 0 spiro atoms. The van der Waals surface area contributed by atoms with E-state index < -0.39 is 0 Å². The molecule has 3 rings (SSSR count). The molecule has 2 unspecified atom stereocenters. The van der Waals surface area contributed by atoms with E-state index >= 15 is 0 Å². The summed E-state index contributed by atoms with van der Waals surface area (Å²) >= 11 is 0. The zero-order chi connectivity index (χ0) is 17.5. The predicted octanol–water partition coefficient (Wildman–Crippen LogP) is 2.75. The van der Waals surface area contributed by atoms with Gasteiger partial charge in [-0.2, -0.15) is 0 Å². The minimum atomic E-state index is -0.335. The fourth-order valence-corrected chi connectivity index (χ4v) is 3.46. The van der Waals surface area contributed by atoms with E-state index in [2.05, 4.69) is 34.5 Å². The molecule has 2 atom stereocenters. The molecule has 4 heteroatoms. The summed E-state index contributed by atoms with van der Waals surface area (Å²) in [4.78, 5) is 15.0. The fraction of sp³-hybridized carbons (Fsp3) is 0.381. The smallest absolute Gasteiger partial charge is 0.224 e. The maximum absolute atomic E-state index is 12.7. The lowest BCUT2D eigenvalue weighted by Gasteiger charge is -2.32. The molecule has 1 aliphatic rings. The van der Waals surface area contributed by atoms with E-state index in [9.17, 15) is 9.90 Å². The molecule has 1 amide bonds. The van der Waals surface area contributed by atoms with Gasteiger partial charge in [0, 0.05) is 13.1 Å². The summed E-state index contributed by atoms with van der Waals surface area (Å²) in [7, 11) is 0. The van der Waals surface area contributed by atoms with Crippen LogP contribution in [-0.4, -0.2) is 35.6 Å². The Labute approximate surface area is 149 Å². The molecule has 4 nitrogen and oxygen atoms in total. The van der Waals surface area contributed by atoms with Crippen LogP contribution in [-0.2, 0) is 11.3 Å². The number of carbonyl (C=O) groups is 1. The number of hydrogen-bond acceptors (Lipinski definition) is 3. The van der Waals surface area contributed by atoms with E-state index in [1.807, 2.05) is 36.4 Å². The molecule has 25 heavy (non-hydrogen) atoms. The first-order chi connectivity index (χ1) is 12.3. The van der Waals surface area contributed by atoms with Gasteiger partial charge in [-0.05, 0) is 30.5 Å². The molecule has 132 valence electrons. The molecular weight excluding hydrogens is 312 g/mol. The average molecular weight is 338 g/mol. The van der Waals surface area contributed by atoms with Crippen molar-refractivity contribution in [2.24, 2.45) is 5.92 Å². The first-order valence-corrected chi connectivity index (χ1v) is 8.98. The van der Waals surface area contributed by atoms with E-state index in [0.717, 1.165) is 38.0 Å². The van der Waals surface area contributed by atoms with Crippen molar-refractivity contribution in [2.75, 3.05) is 19.7 Å². The molecule has 1 fully saturated rings. The number of amides is 1. The SMILES string of the molecule is O=C(NC(CO)c1ccccc1)C1CCCN(Cc2ccccc2)C1. The number of aliphatic hydroxyl groups is 1. The van der Waals surface area contributed by atoms with Gasteiger partial charge in [-0.15, -0.1) is 0 Å². The molecule has 0 bridgehead atoms. The number of likely N-dealkylation sites (tertiary alicyclic amines) is 1. The van der Waals surface area contributed by atoms with Crippen LogP contribution >= 0.6 is 0 Å². The second kappa shape index (κ2) is 8.79. The summed E-state index contributed by atoms with van der Waals surface area (Å²) in [6.07, 6.45) is 1.93. The summed E-state index contributed by atoms with van der Waals surface area (Å²) in [6, 6.07) is 19.7. The molecule has 0 aromatic heterocycles. The van der Waals surface area contributed by atoms with Crippen LogP contribution in [0.25, 0.3) is 0 Å². The lowest BCUT2D eigenvalue weighted by Crippen LogP contribution is -2.44. The van der Waals surface area contributed by atoms with Crippen LogP contribution in [0.2, 0.25) is 0 Å². The Balaban J connectivity index is 1.58. The van der Waals surface area contributed by atoms with Gasteiger partial charge < -0.3 is 10.4 Å². The molecule has 2 N–H and O–H groups in total. The van der Waals surface area contributed by atoms with E-state index in [1.165, 1.54) is 5.56 Å². The van der Waals surface area contributed by atoms with Crippen LogP contribution < -0.4 is 5.32 Å². The Kier molecular flexibility index (Phi) is 6.20. The molecule has 0 saturated carbocycles. The molecule has 0 radical (unpaired) electrons. The summed E-state index contributed by atoms with van der Waals surface area (Å²) in [6.45, 7) is 2.59. The van der Waals surface area contributed by atoms with E-state index in [1.54, 1.807) is 0 Å². The minimum absolute atomic E-state index is 0.0183. The molecule has 2 aromatic rings. The zero-order valence-corrected chi connectivity index (χ0v) is 14.5. The highest BCUT2D eigenvalue weighted by molar-refractivity contribution is 5.79. The molecule has 0 aliphatic carbocycles. The van der Waals surface area contributed by atoms with Crippen LogP contribution in [0.3, 0.4) is 0 Å². The molecule has 1 saturated heterocycles. The Morgan fingerprint density at radius 2 is 1.80 bits per heavy atom. The largest absolute Gasteiger partial charge is 0.394 e. The van der Waals surface area contributed by atoms with Gasteiger partial charge in [0.1, 0.15) is 0 Å². The lowest BCUT2D eigenvalue weighted by molar-refractivity contribution is -0.127. The molecule has 1 heterocycles. The summed E-state index contributed by atoms with van der Waals surface area (Å²) in [5, 5.41) is 12.7. The maximum Gasteiger partial charge on any atom is 0.224 e. The highest BCUT2D eigenvalue weighted by Gasteiger charge is 2.27. The van der Waals surface area contributed by atoms with Gasteiger partial charge in [0.15, 0.2) is 0 Å². The second-order valence-corrected chi connectivity index (χ2v) is 6.71. The minimum Gasteiger partial charge on any atom is -0.394 e. The maximum atomic E-state index is 12.7. The van der Waals surface area contributed by atoms with Gasteiger partial charge in [0.25, 0.3) is 0 Å². The topological polar surface area (TPSA) is 52.6 Å². The van der Waals surface area contributed by atoms with E-state index in [-0.39, 0.29) is 24.5 Å². The first-order valence-electron chi connectivity index (χ1n) is 8.98. The van der Waals surface area contributed by atoms with Crippen molar-refractivity contribution in [3.63, 3.8) is 0 Å². The third-order valence-corrected chi connectivity index (χ3v) is 4.83. The Bertz CT molecular complexity index is 660. The van der Waals surface area contributed by atoms with Gasteiger partial charge in [0.2, 0.25) is 5.91 Å². The van der Waals surface area contributed by atoms with Crippen molar-refractivity contribution in [1.82, 2.24) is 10.2 Å². The van der Waals surface area contributed by atoms with Crippen LogP contribution in [0.4, 0.5) is 0 Å². The highest BCUT2D eigenvalue weighted by Crippen LogP contribution is 2.20. The number of nitrogens with one attached hydrogen (secondary N) is 1. The number of piperidine rings is 1. The van der Waals surface area contributed by atoms with Gasteiger partial charge in [0.05, 0.1) is 18.6 Å². The van der Waals surface area contributed by atoms with E-state index in [4.69, 9.17) is 0 Å². The zero-order valence-electron chi connectivity index (χ0n) is 14.5. The molecule has 2 aromatic carbocycles. The van der Waals surface area contributed by atoms with Gasteiger partial charge in [-0.25, -0.2) is 0 Å². The van der Waals surface area contributed by atoms with Crippen LogP contribution in [0.5, 0.6) is 0 Å². The average Bonchev–Trinajstić information content (AvgIpc) is 2.67. The predicted molar refractivity (Wildman–Crippen MR) is 98.9 cm³/mol. The van der Waals surface area contributed by atoms with Crippen LogP contribution in [0, 0.1) is 5.92 Å². The summed E-state index contributed by atoms with van der Waals surface area (Å²) in [5.41, 5.74) is 2.22.